The monoisotopic (exact) mass is 290 g/mol. The van der Waals surface area contributed by atoms with Gasteiger partial charge in [-0.3, -0.25) is 0 Å². The van der Waals surface area contributed by atoms with Crippen LogP contribution in [0.1, 0.15) is 52.5 Å². The van der Waals surface area contributed by atoms with Gasteiger partial charge >= 0.3 is 0 Å². The molecule has 0 amide bonds. The van der Waals surface area contributed by atoms with Crippen molar-refractivity contribution >= 4 is 0 Å². The number of hydrogen-bond acceptors (Lipinski definition) is 1. The van der Waals surface area contributed by atoms with E-state index in [1.165, 1.54) is 38.0 Å². The van der Waals surface area contributed by atoms with Gasteiger partial charge in [0.25, 0.3) is 0 Å². The molecule has 1 heterocycles. The van der Waals surface area contributed by atoms with Crippen molar-refractivity contribution in [2.45, 2.75) is 52.4 Å². The maximum Gasteiger partial charge on any atom is 0.123 e. The van der Waals surface area contributed by atoms with Crippen molar-refractivity contribution in [2.24, 2.45) is 5.92 Å². The van der Waals surface area contributed by atoms with Crippen molar-refractivity contribution in [3.8, 4) is 5.75 Å². The Morgan fingerprint density at radius 3 is 2.71 bits per heavy atom. The van der Waals surface area contributed by atoms with Crippen LogP contribution in [-0.4, -0.2) is 26.2 Å². The smallest absolute Gasteiger partial charge is 0.123 e. The summed E-state index contributed by atoms with van der Waals surface area (Å²) >= 11 is 0. The highest BCUT2D eigenvalue weighted by Gasteiger charge is 2.20. The molecule has 1 saturated heterocycles. The third kappa shape index (κ3) is 5.03. The minimum Gasteiger partial charge on any atom is -0.493 e. The molecule has 0 radical (unpaired) electrons. The third-order valence-corrected chi connectivity index (χ3v) is 4.49. The molecule has 1 aliphatic heterocycles. The van der Waals surface area contributed by atoms with Crippen LogP contribution in [0.5, 0.6) is 5.75 Å². The zero-order chi connectivity index (χ0) is 15.3. The second kappa shape index (κ2) is 7.31. The first-order chi connectivity index (χ1) is 9.97. The second-order valence-corrected chi connectivity index (χ2v) is 7.65. The molecule has 21 heavy (non-hydrogen) atoms. The molecule has 1 fully saturated rings. The summed E-state index contributed by atoms with van der Waals surface area (Å²) in [5, 5.41) is 0. The molecule has 0 bridgehead atoms. The zero-order valence-corrected chi connectivity index (χ0v) is 14.2. The molecule has 118 valence electrons. The molecular weight excluding hydrogens is 258 g/mol. The number of quaternary nitrogens is 1. The van der Waals surface area contributed by atoms with E-state index in [0.717, 1.165) is 24.7 Å². The summed E-state index contributed by atoms with van der Waals surface area (Å²) in [6.07, 6.45) is 3.96. The number of hydrogen-bond donors (Lipinski definition) is 1. The summed E-state index contributed by atoms with van der Waals surface area (Å²) in [7, 11) is 0. The van der Waals surface area contributed by atoms with Crippen molar-refractivity contribution in [3.63, 3.8) is 0 Å². The quantitative estimate of drug-likeness (QED) is 0.823. The van der Waals surface area contributed by atoms with E-state index in [0.29, 0.717) is 0 Å². The molecule has 2 atom stereocenters. The summed E-state index contributed by atoms with van der Waals surface area (Å²) in [5.74, 6) is 1.96. The summed E-state index contributed by atoms with van der Waals surface area (Å²) < 4.78 is 6.07. The van der Waals surface area contributed by atoms with Gasteiger partial charge in [0, 0.05) is 12.3 Å². The van der Waals surface area contributed by atoms with E-state index in [4.69, 9.17) is 4.74 Å². The van der Waals surface area contributed by atoms with E-state index in [-0.39, 0.29) is 5.41 Å². The Kier molecular flexibility index (Phi) is 5.69. The van der Waals surface area contributed by atoms with Gasteiger partial charge in [-0.05, 0) is 29.9 Å². The molecule has 2 rings (SSSR count). The highest BCUT2D eigenvalue weighted by atomic mass is 16.5. The summed E-state index contributed by atoms with van der Waals surface area (Å²) in [5.41, 5.74) is 1.45. The van der Waals surface area contributed by atoms with Crippen LogP contribution >= 0.6 is 0 Å². The summed E-state index contributed by atoms with van der Waals surface area (Å²) in [4.78, 5) is 1.77. The molecule has 1 N–H and O–H groups in total. The molecule has 2 nitrogen and oxygen atoms in total. The average molecular weight is 290 g/mol. The fourth-order valence-electron chi connectivity index (χ4n) is 3.34. The van der Waals surface area contributed by atoms with Crippen LogP contribution in [0.15, 0.2) is 24.3 Å². The van der Waals surface area contributed by atoms with Crippen LogP contribution in [0.25, 0.3) is 0 Å². The van der Waals surface area contributed by atoms with E-state index in [2.05, 4.69) is 52.0 Å². The van der Waals surface area contributed by atoms with Crippen LogP contribution < -0.4 is 9.64 Å². The maximum absolute atomic E-state index is 6.07. The SMILES string of the molecule is C[C@H]1CCC[NH+](CCCOc2ccccc2C(C)(C)C)C1. The molecule has 1 aromatic rings. The number of likely N-dealkylation sites (tertiary alicyclic amines) is 1. The third-order valence-electron chi connectivity index (χ3n) is 4.49. The van der Waals surface area contributed by atoms with Crippen LogP contribution in [0.2, 0.25) is 0 Å². The number of para-hydroxylation sites is 1. The lowest BCUT2D eigenvalue weighted by Gasteiger charge is -2.28. The van der Waals surface area contributed by atoms with Crippen LogP contribution in [0.3, 0.4) is 0 Å². The first-order valence-electron chi connectivity index (χ1n) is 8.52. The van der Waals surface area contributed by atoms with Gasteiger partial charge in [-0.1, -0.05) is 45.9 Å². The highest BCUT2D eigenvalue weighted by Crippen LogP contribution is 2.30. The Morgan fingerprint density at radius 1 is 1.24 bits per heavy atom. The van der Waals surface area contributed by atoms with E-state index >= 15 is 0 Å². The number of benzene rings is 1. The van der Waals surface area contributed by atoms with Gasteiger partial charge in [-0.15, -0.1) is 0 Å². The van der Waals surface area contributed by atoms with Crippen LogP contribution in [0, 0.1) is 5.92 Å². The standard InChI is InChI=1S/C19H31NO/c1-16-9-7-12-20(15-16)13-8-14-21-18-11-6-5-10-17(18)19(2,3)4/h5-6,10-11,16H,7-9,12-15H2,1-4H3/p+1/t16-/m0/s1. The first kappa shape index (κ1) is 16.4. The largest absolute Gasteiger partial charge is 0.493 e. The minimum atomic E-state index is 0.143. The molecule has 0 aromatic heterocycles. The van der Waals surface area contributed by atoms with E-state index in [1.807, 2.05) is 0 Å². The Labute approximate surface area is 130 Å². The van der Waals surface area contributed by atoms with Gasteiger partial charge in [0.1, 0.15) is 5.75 Å². The van der Waals surface area contributed by atoms with E-state index in [9.17, 15) is 0 Å². The molecular formula is C19H32NO+. The van der Waals surface area contributed by atoms with Gasteiger partial charge < -0.3 is 9.64 Å². The van der Waals surface area contributed by atoms with Crippen molar-refractivity contribution < 1.29 is 9.64 Å². The molecule has 0 aliphatic carbocycles. The van der Waals surface area contributed by atoms with Crippen LogP contribution in [-0.2, 0) is 5.41 Å². The zero-order valence-electron chi connectivity index (χ0n) is 14.2. The lowest BCUT2D eigenvalue weighted by Crippen LogP contribution is -3.13. The lowest BCUT2D eigenvalue weighted by molar-refractivity contribution is -0.908. The minimum absolute atomic E-state index is 0.143. The normalized spacial score (nSPS) is 23.0. The molecule has 0 saturated carbocycles. The number of ether oxygens (including phenoxy) is 1. The summed E-state index contributed by atoms with van der Waals surface area (Å²) in [6.45, 7) is 13.9. The molecule has 1 unspecified atom stereocenters. The fraction of sp³-hybridized carbons (Fsp3) is 0.684. The average Bonchev–Trinajstić information content (AvgIpc) is 2.43. The maximum atomic E-state index is 6.07. The number of nitrogens with one attached hydrogen (secondary N) is 1. The van der Waals surface area contributed by atoms with Crippen molar-refractivity contribution in [1.82, 2.24) is 0 Å². The Bertz CT molecular complexity index is 435. The van der Waals surface area contributed by atoms with Crippen LogP contribution in [0.4, 0.5) is 0 Å². The number of rotatable bonds is 5. The predicted octanol–water partition coefficient (Wildman–Crippen LogP) is 3.07. The van der Waals surface area contributed by atoms with Crippen molar-refractivity contribution in [3.05, 3.63) is 29.8 Å². The second-order valence-electron chi connectivity index (χ2n) is 7.65. The number of piperidine rings is 1. The fourth-order valence-corrected chi connectivity index (χ4v) is 3.34. The Hall–Kier alpha value is -1.02. The Morgan fingerprint density at radius 2 is 2.00 bits per heavy atom. The predicted molar refractivity (Wildman–Crippen MR) is 89.2 cm³/mol. The van der Waals surface area contributed by atoms with Gasteiger partial charge in [-0.2, -0.15) is 0 Å². The van der Waals surface area contributed by atoms with Gasteiger partial charge in [0.05, 0.1) is 26.2 Å². The van der Waals surface area contributed by atoms with E-state index in [1.54, 1.807) is 4.90 Å². The first-order valence-corrected chi connectivity index (χ1v) is 8.52. The van der Waals surface area contributed by atoms with E-state index < -0.39 is 0 Å². The van der Waals surface area contributed by atoms with Crippen molar-refractivity contribution in [2.75, 3.05) is 26.2 Å². The van der Waals surface area contributed by atoms with Crippen molar-refractivity contribution in [1.29, 1.82) is 0 Å². The van der Waals surface area contributed by atoms with Gasteiger partial charge in [0.15, 0.2) is 0 Å². The molecule has 2 heteroatoms. The molecule has 1 aliphatic rings. The Balaban J connectivity index is 1.79. The summed E-state index contributed by atoms with van der Waals surface area (Å²) in [6, 6.07) is 8.47. The highest BCUT2D eigenvalue weighted by molar-refractivity contribution is 5.38. The van der Waals surface area contributed by atoms with Gasteiger partial charge in [-0.25, -0.2) is 0 Å². The topological polar surface area (TPSA) is 13.7 Å². The van der Waals surface area contributed by atoms with Gasteiger partial charge in [0.2, 0.25) is 0 Å². The molecule has 1 aromatic carbocycles. The molecule has 0 spiro atoms. The lowest BCUT2D eigenvalue weighted by atomic mass is 9.86.